The summed E-state index contributed by atoms with van der Waals surface area (Å²) in [5, 5.41) is 2.98. The number of nitrogens with zero attached hydrogens (tertiary/aromatic N) is 2. The van der Waals surface area contributed by atoms with Crippen LogP contribution in [0.5, 0.6) is 11.5 Å². The normalized spacial score (nSPS) is 12.1. The van der Waals surface area contributed by atoms with Crippen LogP contribution in [0.1, 0.15) is 27.0 Å². The smallest absolute Gasteiger partial charge is 0.251 e. The number of hydrogen-bond acceptors (Lipinski definition) is 5. The van der Waals surface area contributed by atoms with Gasteiger partial charge in [0, 0.05) is 23.2 Å². The third-order valence-corrected chi connectivity index (χ3v) is 6.47. The van der Waals surface area contributed by atoms with Gasteiger partial charge in [-0.2, -0.15) is 0 Å². The SMILES string of the molecule is Cc1ccc(-c2nc3ccc(C(=O)NCc4ccc5c(c4)OCO5)cc3nc2-c2ccc(C)cc2)cc1. The molecule has 1 amide bonds. The van der Waals surface area contributed by atoms with E-state index >= 15 is 0 Å². The first kappa shape index (κ1) is 22.7. The van der Waals surface area contributed by atoms with E-state index < -0.39 is 0 Å². The minimum Gasteiger partial charge on any atom is -0.454 e. The van der Waals surface area contributed by atoms with Gasteiger partial charge in [-0.05, 0) is 49.7 Å². The summed E-state index contributed by atoms with van der Waals surface area (Å²) in [6.45, 7) is 4.72. The molecule has 0 radical (unpaired) electrons. The first-order valence-electron chi connectivity index (χ1n) is 12.2. The van der Waals surface area contributed by atoms with Gasteiger partial charge in [-0.25, -0.2) is 9.97 Å². The molecule has 0 unspecified atom stereocenters. The molecule has 0 aliphatic carbocycles. The van der Waals surface area contributed by atoms with Crippen LogP contribution in [0.4, 0.5) is 0 Å². The minimum atomic E-state index is -0.180. The highest BCUT2D eigenvalue weighted by Crippen LogP contribution is 2.33. The lowest BCUT2D eigenvalue weighted by molar-refractivity contribution is 0.0951. The number of aromatic nitrogens is 2. The Labute approximate surface area is 214 Å². The van der Waals surface area contributed by atoms with Crippen molar-refractivity contribution in [2.24, 2.45) is 0 Å². The molecule has 1 aliphatic rings. The van der Waals surface area contributed by atoms with Crippen LogP contribution < -0.4 is 14.8 Å². The molecule has 2 heterocycles. The number of fused-ring (bicyclic) bond motifs is 2. The Morgan fingerprint density at radius 1 is 0.730 bits per heavy atom. The lowest BCUT2D eigenvalue weighted by Gasteiger charge is -2.12. The zero-order valence-electron chi connectivity index (χ0n) is 20.6. The number of amides is 1. The van der Waals surface area contributed by atoms with Crippen LogP contribution in [0, 0.1) is 13.8 Å². The van der Waals surface area contributed by atoms with Gasteiger partial charge in [0.25, 0.3) is 5.91 Å². The van der Waals surface area contributed by atoms with Crippen LogP contribution in [0.25, 0.3) is 33.5 Å². The summed E-state index contributed by atoms with van der Waals surface area (Å²) in [7, 11) is 0. The Hall–Kier alpha value is -4.71. The Morgan fingerprint density at radius 2 is 1.35 bits per heavy atom. The van der Waals surface area contributed by atoms with E-state index in [1.807, 2.05) is 24.3 Å². The van der Waals surface area contributed by atoms with Crippen molar-refractivity contribution in [2.75, 3.05) is 6.79 Å². The second-order valence-electron chi connectivity index (χ2n) is 9.23. The van der Waals surface area contributed by atoms with E-state index in [4.69, 9.17) is 19.4 Å². The molecule has 0 spiro atoms. The zero-order chi connectivity index (χ0) is 25.4. The van der Waals surface area contributed by atoms with Gasteiger partial charge in [-0.3, -0.25) is 4.79 Å². The van der Waals surface area contributed by atoms with E-state index in [-0.39, 0.29) is 12.7 Å². The van der Waals surface area contributed by atoms with Crippen LogP contribution in [-0.2, 0) is 6.54 Å². The molecular weight excluding hydrogens is 462 g/mol. The molecule has 0 bridgehead atoms. The van der Waals surface area contributed by atoms with E-state index in [0.717, 1.165) is 39.3 Å². The molecule has 182 valence electrons. The van der Waals surface area contributed by atoms with Crippen LogP contribution in [0.15, 0.2) is 84.9 Å². The van der Waals surface area contributed by atoms with Crippen LogP contribution >= 0.6 is 0 Å². The molecule has 0 saturated heterocycles. The average molecular weight is 488 g/mol. The molecule has 0 atom stereocenters. The first-order valence-corrected chi connectivity index (χ1v) is 12.2. The summed E-state index contributed by atoms with van der Waals surface area (Å²) in [6, 6.07) is 27.7. The highest BCUT2D eigenvalue weighted by molar-refractivity contribution is 5.98. The van der Waals surface area contributed by atoms with E-state index in [2.05, 4.69) is 67.7 Å². The number of benzene rings is 4. The molecule has 5 aromatic rings. The number of ether oxygens (including phenoxy) is 2. The number of aryl methyl sites for hydroxylation is 2. The third kappa shape index (κ3) is 4.61. The van der Waals surface area contributed by atoms with Crippen molar-refractivity contribution in [2.45, 2.75) is 20.4 Å². The summed E-state index contributed by atoms with van der Waals surface area (Å²) in [6.07, 6.45) is 0. The number of rotatable bonds is 5. The molecule has 6 heteroatoms. The largest absolute Gasteiger partial charge is 0.454 e. The molecule has 6 nitrogen and oxygen atoms in total. The number of carbonyl (C=O) groups is 1. The molecule has 37 heavy (non-hydrogen) atoms. The van der Waals surface area contributed by atoms with Gasteiger partial charge in [-0.15, -0.1) is 0 Å². The van der Waals surface area contributed by atoms with Crippen molar-refractivity contribution in [1.82, 2.24) is 15.3 Å². The lowest BCUT2D eigenvalue weighted by atomic mass is 10.0. The summed E-state index contributed by atoms with van der Waals surface area (Å²) < 4.78 is 10.8. The predicted octanol–water partition coefficient (Wildman–Crippen LogP) is 6.24. The highest BCUT2D eigenvalue weighted by Gasteiger charge is 2.16. The fourth-order valence-electron chi connectivity index (χ4n) is 4.36. The lowest BCUT2D eigenvalue weighted by Crippen LogP contribution is -2.22. The molecule has 0 saturated carbocycles. The van der Waals surface area contributed by atoms with Gasteiger partial charge >= 0.3 is 0 Å². The van der Waals surface area contributed by atoms with Crippen molar-refractivity contribution < 1.29 is 14.3 Å². The Kier molecular flexibility index (Phi) is 5.77. The van der Waals surface area contributed by atoms with E-state index in [1.165, 1.54) is 11.1 Å². The Morgan fingerprint density at radius 3 is 2.03 bits per heavy atom. The molecule has 6 rings (SSSR count). The fraction of sp³-hybridized carbons (Fsp3) is 0.129. The monoisotopic (exact) mass is 487 g/mol. The summed E-state index contributed by atoms with van der Waals surface area (Å²) in [4.78, 5) is 23.0. The zero-order valence-corrected chi connectivity index (χ0v) is 20.6. The molecule has 1 aromatic heterocycles. The van der Waals surface area contributed by atoms with Gasteiger partial charge < -0.3 is 14.8 Å². The van der Waals surface area contributed by atoms with Crippen LogP contribution in [0.3, 0.4) is 0 Å². The van der Waals surface area contributed by atoms with Gasteiger partial charge in [0.1, 0.15) is 0 Å². The molecule has 4 aromatic carbocycles. The van der Waals surface area contributed by atoms with Crippen LogP contribution in [-0.4, -0.2) is 22.7 Å². The molecule has 0 fully saturated rings. The minimum absolute atomic E-state index is 0.180. The van der Waals surface area contributed by atoms with E-state index in [9.17, 15) is 4.79 Å². The number of hydrogen-bond donors (Lipinski definition) is 1. The van der Waals surface area contributed by atoms with Crippen molar-refractivity contribution in [3.63, 3.8) is 0 Å². The Balaban J connectivity index is 1.33. The maximum Gasteiger partial charge on any atom is 0.251 e. The summed E-state index contributed by atoms with van der Waals surface area (Å²) >= 11 is 0. The fourth-order valence-corrected chi connectivity index (χ4v) is 4.36. The second-order valence-corrected chi connectivity index (χ2v) is 9.23. The predicted molar refractivity (Wildman–Crippen MR) is 144 cm³/mol. The highest BCUT2D eigenvalue weighted by atomic mass is 16.7. The average Bonchev–Trinajstić information content (AvgIpc) is 3.40. The summed E-state index contributed by atoms with van der Waals surface area (Å²) in [5.74, 6) is 1.24. The van der Waals surface area contributed by atoms with E-state index in [1.54, 1.807) is 12.1 Å². The maximum absolute atomic E-state index is 13.0. The third-order valence-electron chi connectivity index (χ3n) is 6.47. The van der Waals surface area contributed by atoms with Gasteiger partial charge in [0.05, 0.1) is 22.4 Å². The quantitative estimate of drug-likeness (QED) is 0.318. The van der Waals surface area contributed by atoms with Gasteiger partial charge in [0.2, 0.25) is 6.79 Å². The van der Waals surface area contributed by atoms with Crippen molar-refractivity contribution in [3.05, 3.63) is 107 Å². The van der Waals surface area contributed by atoms with Crippen molar-refractivity contribution in [3.8, 4) is 34.0 Å². The second kappa shape index (κ2) is 9.39. The van der Waals surface area contributed by atoms with Gasteiger partial charge in [-0.1, -0.05) is 65.7 Å². The summed E-state index contributed by atoms with van der Waals surface area (Å²) in [5.41, 5.74) is 8.81. The van der Waals surface area contributed by atoms with Crippen LogP contribution in [0.2, 0.25) is 0 Å². The van der Waals surface area contributed by atoms with Crippen molar-refractivity contribution >= 4 is 16.9 Å². The van der Waals surface area contributed by atoms with Gasteiger partial charge in [0.15, 0.2) is 11.5 Å². The molecule has 1 aliphatic heterocycles. The van der Waals surface area contributed by atoms with E-state index in [0.29, 0.717) is 23.4 Å². The molecule has 1 N–H and O–H groups in total. The topological polar surface area (TPSA) is 73.3 Å². The Bertz CT molecular complexity index is 1630. The number of carbonyl (C=O) groups excluding carboxylic acids is 1. The first-order chi connectivity index (χ1) is 18.0. The molecular formula is C31H25N3O3. The maximum atomic E-state index is 13.0. The standard InChI is InChI=1S/C31H25N3O3/c1-19-3-8-22(9-4-19)29-30(23-10-5-20(2)6-11-23)34-26-16-24(12-13-25(26)33-29)31(35)32-17-21-7-14-27-28(15-21)37-18-36-27/h3-16H,17-18H2,1-2H3,(H,32,35). The van der Waals surface area contributed by atoms with Crippen molar-refractivity contribution in [1.29, 1.82) is 0 Å². The number of nitrogens with one attached hydrogen (secondary N) is 1.